The summed E-state index contributed by atoms with van der Waals surface area (Å²) in [5.41, 5.74) is 0.0266. The first-order chi connectivity index (χ1) is 9.49. The van der Waals surface area contributed by atoms with Gasteiger partial charge in [-0.2, -0.15) is 0 Å². The Labute approximate surface area is 121 Å². The Bertz CT molecular complexity index is 719. The molecule has 0 aliphatic carbocycles. The van der Waals surface area contributed by atoms with Gasteiger partial charge in [0.15, 0.2) is 0 Å². The number of carboxylic acid groups (broad SMARTS) is 1. The number of para-hydroxylation sites is 1. The van der Waals surface area contributed by atoms with E-state index in [4.69, 9.17) is 5.11 Å². The van der Waals surface area contributed by atoms with Crippen LogP contribution in [-0.4, -0.2) is 22.0 Å². The van der Waals surface area contributed by atoms with Gasteiger partial charge in [0.25, 0.3) is 5.91 Å². The standard InChI is InChI=1S/C13H9BrN2O4/c14-9-3-1-2-8(13(19)20)11(9)16-12(18)7-4-5-10(17)15-6-7/h1-6H,(H,15,17)(H,16,18)(H,19,20). The van der Waals surface area contributed by atoms with E-state index in [9.17, 15) is 14.4 Å². The number of hydrogen-bond donors (Lipinski definition) is 3. The molecule has 0 unspecified atom stereocenters. The van der Waals surface area contributed by atoms with Crippen molar-refractivity contribution in [3.63, 3.8) is 0 Å². The number of nitrogens with one attached hydrogen (secondary N) is 2. The van der Waals surface area contributed by atoms with Crippen molar-refractivity contribution in [2.24, 2.45) is 0 Å². The molecular weight excluding hydrogens is 328 g/mol. The van der Waals surface area contributed by atoms with Crippen molar-refractivity contribution in [3.05, 3.63) is 62.5 Å². The third-order valence-corrected chi connectivity index (χ3v) is 3.19. The number of amides is 1. The summed E-state index contributed by atoms with van der Waals surface area (Å²) < 4.78 is 0.454. The smallest absolute Gasteiger partial charge is 0.337 e. The van der Waals surface area contributed by atoms with Crippen molar-refractivity contribution in [2.45, 2.75) is 0 Å². The van der Waals surface area contributed by atoms with Crippen LogP contribution in [0.25, 0.3) is 0 Å². The SMILES string of the molecule is O=C(Nc1c(Br)cccc1C(=O)O)c1ccc(=O)[nH]c1. The third-order valence-electron chi connectivity index (χ3n) is 2.53. The lowest BCUT2D eigenvalue weighted by Gasteiger charge is -2.10. The second kappa shape index (κ2) is 5.70. The molecule has 102 valence electrons. The highest BCUT2D eigenvalue weighted by Gasteiger charge is 2.16. The van der Waals surface area contributed by atoms with E-state index in [1.807, 2.05) is 0 Å². The van der Waals surface area contributed by atoms with Crippen LogP contribution in [0.2, 0.25) is 0 Å². The zero-order chi connectivity index (χ0) is 14.7. The van der Waals surface area contributed by atoms with Gasteiger partial charge in [-0.3, -0.25) is 9.59 Å². The molecule has 2 aromatic rings. The van der Waals surface area contributed by atoms with Crippen molar-refractivity contribution < 1.29 is 14.7 Å². The van der Waals surface area contributed by atoms with Gasteiger partial charge >= 0.3 is 5.97 Å². The minimum Gasteiger partial charge on any atom is -0.478 e. The van der Waals surface area contributed by atoms with E-state index < -0.39 is 11.9 Å². The molecule has 1 heterocycles. The molecule has 0 radical (unpaired) electrons. The monoisotopic (exact) mass is 336 g/mol. The summed E-state index contributed by atoms with van der Waals surface area (Å²) in [6.45, 7) is 0. The van der Waals surface area contributed by atoms with Crippen LogP contribution in [0.1, 0.15) is 20.7 Å². The number of aromatic amines is 1. The first-order valence-electron chi connectivity index (χ1n) is 5.51. The number of carbonyl (C=O) groups is 2. The first-order valence-corrected chi connectivity index (χ1v) is 6.30. The zero-order valence-electron chi connectivity index (χ0n) is 10.0. The Morgan fingerprint density at radius 2 is 1.95 bits per heavy atom. The molecule has 6 nitrogen and oxygen atoms in total. The number of carbonyl (C=O) groups excluding carboxylic acids is 1. The number of benzene rings is 1. The Morgan fingerprint density at radius 1 is 1.20 bits per heavy atom. The molecule has 0 fully saturated rings. The molecular formula is C13H9BrN2O4. The topological polar surface area (TPSA) is 99.3 Å². The maximum Gasteiger partial charge on any atom is 0.337 e. The van der Waals surface area contributed by atoms with Crippen LogP contribution in [0.5, 0.6) is 0 Å². The molecule has 1 aromatic carbocycles. The van der Waals surface area contributed by atoms with Gasteiger partial charge in [-0.15, -0.1) is 0 Å². The second-order valence-corrected chi connectivity index (χ2v) is 4.72. The van der Waals surface area contributed by atoms with Gasteiger partial charge in [0.2, 0.25) is 5.56 Å². The predicted molar refractivity (Wildman–Crippen MR) is 76.1 cm³/mol. The Kier molecular flexibility index (Phi) is 3.99. The molecule has 0 aliphatic heterocycles. The zero-order valence-corrected chi connectivity index (χ0v) is 11.6. The molecule has 0 saturated carbocycles. The molecule has 0 aliphatic rings. The molecule has 0 saturated heterocycles. The van der Waals surface area contributed by atoms with Gasteiger partial charge in [-0.1, -0.05) is 6.07 Å². The highest BCUT2D eigenvalue weighted by atomic mass is 79.9. The summed E-state index contributed by atoms with van der Waals surface area (Å²) in [6, 6.07) is 7.13. The number of anilines is 1. The van der Waals surface area contributed by atoms with E-state index >= 15 is 0 Å². The molecule has 2 rings (SSSR count). The van der Waals surface area contributed by atoms with Crippen LogP contribution in [0.4, 0.5) is 5.69 Å². The largest absolute Gasteiger partial charge is 0.478 e. The Hall–Kier alpha value is -2.41. The highest BCUT2D eigenvalue weighted by molar-refractivity contribution is 9.10. The van der Waals surface area contributed by atoms with Crippen LogP contribution in [0.15, 0.2) is 45.8 Å². The quantitative estimate of drug-likeness (QED) is 0.798. The molecule has 7 heteroatoms. The van der Waals surface area contributed by atoms with Crippen molar-refractivity contribution in [1.82, 2.24) is 4.98 Å². The van der Waals surface area contributed by atoms with Gasteiger partial charge in [-0.25, -0.2) is 4.79 Å². The van der Waals surface area contributed by atoms with Gasteiger partial charge in [0.05, 0.1) is 16.8 Å². The molecule has 1 aromatic heterocycles. The number of halogens is 1. The van der Waals surface area contributed by atoms with Gasteiger partial charge in [0.1, 0.15) is 0 Å². The number of rotatable bonds is 3. The Balaban J connectivity index is 2.35. The summed E-state index contributed by atoms with van der Waals surface area (Å²) in [5, 5.41) is 11.6. The van der Waals surface area contributed by atoms with Crippen molar-refractivity contribution in [1.29, 1.82) is 0 Å². The second-order valence-electron chi connectivity index (χ2n) is 3.86. The number of pyridine rings is 1. The summed E-state index contributed by atoms with van der Waals surface area (Å²) >= 11 is 3.19. The van der Waals surface area contributed by atoms with Crippen LogP contribution < -0.4 is 10.9 Å². The number of aromatic nitrogens is 1. The number of aromatic carboxylic acids is 1. The van der Waals surface area contributed by atoms with Crippen molar-refractivity contribution in [2.75, 3.05) is 5.32 Å². The number of H-pyrrole nitrogens is 1. The normalized spacial score (nSPS) is 10.1. The molecule has 20 heavy (non-hydrogen) atoms. The molecule has 1 amide bonds. The number of carboxylic acids is 1. The fraction of sp³-hybridized carbons (Fsp3) is 0. The predicted octanol–water partition coefficient (Wildman–Crippen LogP) is 2.09. The fourth-order valence-electron chi connectivity index (χ4n) is 1.57. The van der Waals surface area contributed by atoms with Crippen LogP contribution in [0, 0.1) is 0 Å². The average Bonchev–Trinajstić information content (AvgIpc) is 2.41. The molecule has 3 N–H and O–H groups in total. The maximum absolute atomic E-state index is 12.0. The third kappa shape index (κ3) is 2.94. The van der Waals surface area contributed by atoms with Crippen LogP contribution >= 0.6 is 15.9 Å². The maximum atomic E-state index is 12.0. The average molecular weight is 337 g/mol. The van der Waals surface area contributed by atoms with Gasteiger partial charge in [0, 0.05) is 16.7 Å². The lowest BCUT2D eigenvalue weighted by molar-refractivity contribution is 0.0698. The van der Waals surface area contributed by atoms with Crippen LogP contribution in [0.3, 0.4) is 0 Å². The number of hydrogen-bond acceptors (Lipinski definition) is 3. The molecule has 0 atom stereocenters. The Morgan fingerprint density at radius 3 is 2.55 bits per heavy atom. The lowest BCUT2D eigenvalue weighted by atomic mass is 10.1. The summed E-state index contributed by atoms with van der Waals surface area (Å²) in [6.07, 6.45) is 1.26. The van der Waals surface area contributed by atoms with Gasteiger partial charge < -0.3 is 15.4 Å². The van der Waals surface area contributed by atoms with E-state index in [-0.39, 0.29) is 22.4 Å². The van der Waals surface area contributed by atoms with Crippen molar-refractivity contribution in [3.8, 4) is 0 Å². The summed E-state index contributed by atoms with van der Waals surface area (Å²) in [5.74, 6) is -1.67. The first kappa shape index (κ1) is 14.0. The molecule has 0 spiro atoms. The van der Waals surface area contributed by atoms with Crippen molar-refractivity contribution >= 4 is 33.5 Å². The summed E-state index contributed by atoms with van der Waals surface area (Å²) in [4.78, 5) is 36.4. The van der Waals surface area contributed by atoms with E-state index in [2.05, 4.69) is 26.2 Å². The molecule has 0 bridgehead atoms. The van der Waals surface area contributed by atoms with E-state index in [0.29, 0.717) is 4.47 Å². The fourth-order valence-corrected chi connectivity index (χ4v) is 2.03. The minimum atomic E-state index is -1.15. The minimum absolute atomic E-state index is 0.0304. The van der Waals surface area contributed by atoms with E-state index in [1.54, 1.807) is 12.1 Å². The van der Waals surface area contributed by atoms with E-state index in [0.717, 1.165) is 0 Å². The van der Waals surface area contributed by atoms with E-state index in [1.165, 1.54) is 24.4 Å². The summed E-state index contributed by atoms with van der Waals surface area (Å²) in [7, 11) is 0. The lowest BCUT2D eigenvalue weighted by Crippen LogP contribution is -2.17. The van der Waals surface area contributed by atoms with Gasteiger partial charge in [-0.05, 0) is 34.1 Å². The highest BCUT2D eigenvalue weighted by Crippen LogP contribution is 2.27. The van der Waals surface area contributed by atoms with Crippen LogP contribution in [-0.2, 0) is 0 Å².